The maximum atomic E-state index is 13.5. The van der Waals surface area contributed by atoms with E-state index in [-0.39, 0.29) is 18.2 Å². The van der Waals surface area contributed by atoms with Crippen LogP contribution >= 0.6 is 23.7 Å². The predicted molar refractivity (Wildman–Crippen MR) is 112 cm³/mol. The van der Waals surface area contributed by atoms with E-state index in [4.69, 9.17) is 5.73 Å². The second kappa shape index (κ2) is 8.20. The third-order valence-corrected chi connectivity index (χ3v) is 4.69. The highest BCUT2D eigenvalue weighted by Gasteiger charge is 2.11. The van der Waals surface area contributed by atoms with E-state index in [0.717, 1.165) is 27.7 Å². The summed E-state index contributed by atoms with van der Waals surface area (Å²) in [5.74, 6) is 0.0314. The Hall–Kier alpha value is -2.90. The number of guanidine groups is 1. The summed E-state index contributed by atoms with van der Waals surface area (Å²) in [6, 6.07) is 14.5. The van der Waals surface area contributed by atoms with Gasteiger partial charge in [0.25, 0.3) is 0 Å². The maximum Gasteiger partial charge on any atom is 0.195 e. The summed E-state index contributed by atoms with van der Waals surface area (Å²) in [4.78, 5) is 12.0. The van der Waals surface area contributed by atoms with Crippen molar-refractivity contribution < 1.29 is 4.39 Å². The van der Waals surface area contributed by atoms with Gasteiger partial charge in [-0.15, -0.1) is 23.7 Å². The Morgan fingerprint density at radius 2 is 2.04 bits per heavy atom. The molecule has 0 aliphatic heterocycles. The first kappa shape index (κ1) is 18.9. The molecule has 0 unspecified atom stereocenters. The average molecular weight is 402 g/mol. The number of nitrogens with zero attached hydrogens (tertiary/aromatic N) is 2. The molecule has 27 heavy (non-hydrogen) atoms. The highest BCUT2D eigenvalue weighted by atomic mass is 35.5. The van der Waals surface area contributed by atoms with Crippen LogP contribution in [0.25, 0.3) is 22.2 Å². The van der Waals surface area contributed by atoms with Crippen LogP contribution in [0.2, 0.25) is 0 Å². The van der Waals surface area contributed by atoms with Gasteiger partial charge in [-0.05, 0) is 23.8 Å². The minimum atomic E-state index is -0.274. The molecule has 0 atom stereocenters. The molecule has 8 heteroatoms. The monoisotopic (exact) mass is 401 g/mol. The van der Waals surface area contributed by atoms with Gasteiger partial charge in [-0.1, -0.05) is 30.3 Å². The molecule has 0 saturated carbocycles. The van der Waals surface area contributed by atoms with E-state index in [2.05, 4.69) is 20.3 Å². The van der Waals surface area contributed by atoms with Gasteiger partial charge in [0.2, 0.25) is 0 Å². The van der Waals surface area contributed by atoms with Crippen molar-refractivity contribution in [3.05, 3.63) is 71.5 Å². The Balaban J connectivity index is 0.00000210. The Morgan fingerprint density at radius 3 is 2.85 bits per heavy atom. The number of nitrogens with two attached hydrogens (primary N) is 1. The van der Waals surface area contributed by atoms with Gasteiger partial charge in [0, 0.05) is 28.0 Å². The number of rotatable bonds is 4. The lowest BCUT2D eigenvalue weighted by Crippen LogP contribution is -2.22. The SMILES string of the molecule is Cl.NC(=NCc1ccccc1)Nc1nc(-c2c[nH]c3ccc(F)cc23)cs1. The molecule has 0 fully saturated rings. The number of aromatic nitrogens is 2. The van der Waals surface area contributed by atoms with E-state index in [0.29, 0.717) is 17.6 Å². The van der Waals surface area contributed by atoms with Crippen LogP contribution in [0.4, 0.5) is 9.52 Å². The number of hydrogen-bond acceptors (Lipinski definition) is 3. The molecule has 0 saturated heterocycles. The lowest BCUT2D eigenvalue weighted by Gasteiger charge is -2.02. The summed E-state index contributed by atoms with van der Waals surface area (Å²) < 4.78 is 13.5. The maximum absolute atomic E-state index is 13.5. The molecule has 138 valence electrons. The molecule has 0 bridgehead atoms. The fraction of sp³-hybridized carbons (Fsp3) is 0.0526. The second-order valence-electron chi connectivity index (χ2n) is 5.74. The molecule has 0 amide bonds. The van der Waals surface area contributed by atoms with Crippen LogP contribution in [0.5, 0.6) is 0 Å². The van der Waals surface area contributed by atoms with Crippen LogP contribution in [-0.4, -0.2) is 15.9 Å². The molecule has 0 spiro atoms. The molecule has 0 aliphatic rings. The van der Waals surface area contributed by atoms with Crippen molar-refractivity contribution in [1.82, 2.24) is 9.97 Å². The molecular formula is C19H17ClFN5S. The minimum Gasteiger partial charge on any atom is -0.370 e. The summed E-state index contributed by atoms with van der Waals surface area (Å²) in [5.41, 5.74) is 9.50. The predicted octanol–water partition coefficient (Wildman–Crippen LogP) is 4.78. The van der Waals surface area contributed by atoms with E-state index in [9.17, 15) is 4.39 Å². The van der Waals surface area contributed by atoms with Gasteiger partial charge in [-0.2, -0.15) is 0 Å². The first-order chi connectivity index (χ1) is 12.7. The van der Waals surface area contributed by atoms with Gasteiger partial charge in [-0.25, -0.2) is 14.4 Å². The fourth-order valence-electron chi connectivity index (χ4n) is 2.67. The highest BCUT2D eigenvalue weighted by Crippen LogP contribution is 2.31. The van der Waals surface area contributed by atoms with Crippen molar-refractivity contribution in [3.8, 4) is 11.3 Å². The number of anilines is 1. The Bertz CT molecular complexity index is 1070. The summed E-state index contributed by atoms with van der Waals surface area (Å²) in [7, 11) is 0. The van der Waals surface area contributed by atoms with E-state index in [1.165, 1.54) is 23.5 Å². The molecule has 4 aromatic rings. The van der Waals surface area contributed by atoms with E-state index >= 15 is 0 Å². The lowest BCUT2D eigenvalue weighted by molar-refractivity contribution is 0.630. The van der Waals surface area contributed by atoms with Gasteiger partial charge < -0.3 is 16.0 Å². The van der Waals surface area contributed by atoms with Crippen molar-refractivity contribution in [3.63, 3.8) is 0 Å². The number of aromatic amines is 1. The lowest BCUT2D eigenvalue weighted by atomic mass is 10.1. The summed E-state index contributed by atoms with van der Waals surface area (Å²) >= 11 is 1.42. The molecule has 0 radical (unpaired) electrons. The van der Waals surface area contributed by atoms with E-state index < -0.39 is 0 Å². The van der Waals surface area contributed by atoms with Crippen LogP contribution < -0.4 is 11.1 Å². The van der Waals surface area contributed by atoms with Gasteiger partial charge in [0.1, 0.15) is 5.82 Å². The Morgan fingerprint density at radius 1 is 1.22 bits per heavy atom. The number of fused-ring (bicyclic) bond motifs is 1. The molecule has 2 aromatic carbocycles. The van der Waals surface area contributed by atoms with Gasteiger partial charge in [-0.3, -0.25) is 0 Å². The largest absolute Gasteiger partial charge is 0.370 e. The molecule has 2 heterocycles. The van der Waals surface area contributed by atoms with Gasteiger partial charge in [0.15, 0.2) is 11.1 Å². The average Bonchev–Trinajstić information content (AvgIpc) is 3.27. The first-order valence-electron chi connectivity index (χ1n) is 8.02. The number of halogens is 2. The van der Waals surface area contributed by atoms with E-state index in [1.807, 2.05) is 41.9 Å². The second-order valence-corrected chi connectivity index (χ2v) is 6.60. The van der Waals surface area contributed by atoms with Crippen molar-refractivity contribution in [2.24, 2.45) is 10.7 Å². The van der Waals surface area contributed by atoms with Crippen LogP contribution in [-0.2, 0) is 6.54 Å². The zero-order valence-electron chi connectivity index (χ0n) is 14.1. The zero-order chi connectivity index (χ0) is 17.9. The summed E-state index contributed by atoms with van der Waals surface area (Å²) in [6.07, 6.45) is 1.83. The van der Waals surface area contributed by atoms with Crippen LogP contribution in [0, 0.1) is 5.82 Å². The van der Waals surface area contributed by atoms with Crippen molar-refractivity contribution in [2.45, 2.75) is 6.54 Å². The number of thiazole rings is 1. The van der Waals surface area contributed by atoms with Crippen LogP contribution in [0.3, 0.4) is 0 Å². The third kappa shape index (κ3) is 4.27. The normalized spacial score (nSPS) is 11.4. The fourth-order valence-corrected chi connectivity index (χ4v) is 3.39. The topological polar surface area (TPSA) is 79.1 Å². The molecule has 2 aromatic heterocycles. The Labute approximate surface area is 165 Å². The molecule has 4 N–H and O–H groups in total. The summed E-state index contributed by atoms with van der Waals surface area (Å²) in [6.45, 7) is 0.500. The van der Waals surface area contributed by atoms with Crippen LogP contribution in [0.1, 0.15) is 5.56 Å². The Kier molecular flexibility index (Phi) is 5.73. The number of hydrogen-bond donors (Lipinski definition) is 3. The summed E-state index contributed by atoms with van der Waals surface area (Å²) in [5, 5.41) is 6.35. The molecule has 4 rings (SSSR count). The number of nitrogens with one attached hydrogen (secondary N) is 2. The molecule has 0 aliphatic carbocycles. The number of aliphatic imine (C=N–C) groups is 1. The highest BCUT2D eigenvalue weighted by molar-refractivity contribution is 7.14. The number of H-pyrrole nitrogens is 1. The molecular weight excluding hydrogens is 385 g/mol. The van der Waals surface area contributed by atoms with Crippen LogP contribution in [0.15, 0.2) is 65.1 Å². The quantitative estimate of drug-likeness (QED) is 0.340. The number of benzene rings is 2. The zero-order valence-corrected chi connectivity index (χ0v) is 15.8. The van der Waals surface area contributed by atoms with Crippen molar-refractivity contribution >= 4 is 45.7 Å². The first-order valence-corrected chi connectivity index (χ1v) is 8.90. The van der Waals surface area contributed by atoms with Gasteiger partial charge in [0.05, 0.1) is 12.2 Å². The third-order valence-electron chi connectivity index (χ3n) is 3.93. The molecule has 5 nitrogen and oxygen atoms in total. The minimum absolute atomic E-state index is 0. The van der Waals surface area contributed by atoms with Gasteiger partial charge >= 0.3 is 0 Å². The standard InChI is InChI=1S/C19H16FN5S.ClH/c20-13-6-7-16-14(8-13)15(10-22-16)17-11-26-19(24-17)25-18(21)23-9-12-4-2-1-3-5-12;/h1-8,10-11,22H,9H2,(H3,21,23,24,25);1H. The van der Waals surface area contributed by atoms with E-state index in [1.54, 1.807) is 6.07 Å². The van der Waals surface area contributed by atoms with Crippen molar-refractivity contribution in [2.75, 3.05) is 5.32 Å². The smallest absolute Gasteiger partial charge is 0.195 e. The van der Waals surface area contributed by atoms with Crippen molar-refractivity contribution in [1.29, 1.82) is 0 Å².